The van der Waals surface area contributed by atoms with E-state index < -0.39 is 0 Å². The molecule has 0 aliphatic heterocycles. The van der Waals surface area contributed by atoms with Gasteiger partial charge in [-0.15, -0.1) is 0 Å². The van der Waals surface area contributed by atoms with Crippen molar-refractivity contribution in [2.24, 2.45) is 11.5 Å². The zero-order valence-electron chi connectivity index (χ0n) is 8.12. The fraction of sp³-hybridized carbons (Fsp3) is 0.750. The van der Waals surface area contributed by atoms with Crippen molar-refractivity contribution >= 4 is 23.1 Å². The molecule has 0 aliphatic carbocycles. The van der Waals surface area contributed by atoms with Crippen molar-refractivity contribution in [3.63, 3.8) is 0 Å². The lowest BCUT2D eigenvalue weighted by Crippen LogP contribution is -2.46. The topological polar surface area (TPSA) is 72.3 Å². The second kappa shape index (κ2) is 5.88. The molecule has 76 valence electrons. The lowest BCUT2D eigenvalue weighted by atomic mass is 10.2. The molecule has 0 saturated carbocycles. The summed E-state index contributed by atoms with van der Waals surface area (Å²) in [4.78, 5) is 13.0. The molecule has 1 unspecified atom stereocenters. The highest BCUT2D eigenvalue weighted by Gasteiger charge is 2.18. The molecule has 13 heavy (non-hydrogen) atoms. The van der Waals surface area contributed by atoms with Crippen LogP contribution in [0, 0.1) is 0 Å². The van der Waals surface area contributed by atoms with Crippen LogP contribution in [0.5, 0.6) is 0 Å². The molecule has 0 rings (SSSR count). The molecule has 0 aliphatic rings. The van der Waals surface area contributed by atoms with Gasteiger partial charge in [0.05, 0.1) is 17.6 Å². The normalized spacial score (nSPS) is 12.8. The first-order valence-corrected chi connectivity index (χ1v) is 4.75. The van der Waals surface area contributed by atoms with Crippen LogP contribution in [0.2, 0.25) is 0 Å². The van der Waals surface area contributed by atoms with E-state index in [2.05, 4.69) is 0 Å². The van der Waals surface area contributed by atoms with Crippen LogP contribution in [0.4, 0.5) is 0 Å². The Hall–Kier alpha value is -0.680. The molecule has 0 bridgehead atoms. The van der Waals surface area contributed by atoms with Crippen molar-refractivity contribution < 1.29 is 4.79 Å². The van der Waals surface area contributed by atoms with E-state index in [1.54, 1.807) is 0 Å². The van der Waals surface area contributed by atoms with Gasteiger partial charge in [-0.25, -0.2) is 0 Å². The molecule has 0 heterocycles. The summed E-state index contributed by atoms with van der Waals surface area (Å²) >= 11 is 4.90. The molecular formula is C8H17N3OS. The number of thiocarbonyl (C=S) groups is 1. The molecular weight excluding hydrogens is 186 g/mol. The third kappa shape index (κ3) is 4.19. The van der Waals surface area contributed by atoms with Gasteiger partial charge in [0.2, 0.25) is 5.91 Å². The van der Waals surface area contributed by atoms with E-state index >= 15 is 0 Å². The van der Waals surface area contributed by atoms with Crippen molar-refractivity contribution in [2.45, 2.75) is 26.3 Å². The highest BCUT2D eigenvalue weighted by Crippen LogP contribution is 2.03. The first-order valence-electron chi connectivity index (χ1n) is 4.34. The highest BCUT2D eigenvalue weighted by atomic mass is 32.1. The first kappa shape index (κ1) is 12.3. The second-order valence-corrected chi connectivity index (χ2v) is 3.33. The van der Waals surface area contributed by atoms with Crippen molar-refractivity contribution in [1.82, 2.24) is 4.90 Å². The summed E-state index contributed by atoms with van der Waals surface area (Å²) in [6.07, 6.45) is 0.802. The van der Waals surface area contributed by atoms with Gasteiger partial charge in [-0.05, 0) is 13.0 Å². The average molecular weight is 203 g/mol. The van der Waals surface area contributed by atoms with Crippen LogP contribution in [0.3, 0.4) is 0 Å². The van der Waals surface area contributed by atoms with Gasteiger partial charge in [0, 0.05) is 0 Å². The quantitative estimate of drug-likeness (QED) is 0.589. The van der Waals surface area contributed by atoms with Crippen molar-refractivity contribution in [3.05, 3.63) is 0 Å². The van der Waals surface area contributed by atoms with E-state index in [-0.39, 0.29) is 18.5 Å². The summed E-state index contributed by atoms with van der Waals surface area (Å²) in [7, 11) is 0. The second-order valence-electron chi connectivity index (χ2n) is 2.86. The van der Waals surface area contributed by atoms with E-state index in [0.29, 0.717) is 4.99 Å². The molecule has 0 fully saturated rings. The van der Waals surface area contributed by atoms with Gasteiger partial charge in [-0.2, -0.15) is 0 Å². The maximum Gasteiger partial charge on any atom is 0.231 e. The Morgan fingerprint density at radius 2 is 2.00 bits per heavy atom. The number of likely N-dealkylation sites (N-methyl/N-ethyl adjacent to an activating group) is 1. The molecule has 1 atom stereocenters. The van der Waals surface area contributed by atoms with Crippen LogP contribution in [-0.2, 0) is 4.79 Å². The molecule has 0 radical (unpaired) electrons. The number of nitrogens with zero attached hydrogens (tertiary/aromatic N) is 1. The number of amides is 1. The van der Waals surface area contributed by atoms with E-state index in [9.17, 15) is 4.79 Å². The Labute approximate surface area is 84.3 Å². The summed E-state index contributed by atoms with van der Waals surface area (Å²) in [5.74, 6) is -0.350. The lowest BCUT2D eigenvalue weighted by molar-refractivity contribution is -0.119. The number of carbonyl (C=O) groups excluding carboxylic acids is 1. The van der Waals surface area contributed by atoms with Crippen LogP contribution < -0.4 is 11.5 Å². The lowest BCUT2D eigenvalue weighted by Gasteiger charge is -2.27. The van der Waals surface area contributed by atoms with E-state index in [1.165, 1.54) is 0 Å². The molecule has 4 N–H and O–H groups in total. The first-order chi connectivity index (χ1) is 6.02. The fourth-order valence-electron chi connectivity index (χ4n) is 1.28. The maximum absolute atomic E-state index is 10.7. The van der Waals surface area contributed by atoms with Crippen LogP contribution in [0.1, 0.15) is 20.3 Å². The largest absolute Gasteiger partial charge is 0.392 e. The third-order valence-corrected chi connectivity index (χ3v) is 2.19. The van der Waals surface area contributed by atoms with Crippen molar-refractivity contribution in [2.75, 3.05) is 13.1 Å². The monoisotopic (exact) mass is 203 g/mol. The molecule has 0 aromatic heterocycles. The Kier molecular flexibility index (Phi) is 5.57. The molecule has 0 saturated heterocycles. The zero-order chi connectivity index (χ0) is 10.4. The number of hydrogen-bond donors (Lipinski definition) is 2. The Morgan fingerprint density at radius 3 is 2.23 bits per heavy atom. The SMILES string of the molecule is CCC(C(N)=S)N(CC)CC(N)=O. The summed E-state index contributed by atoms with van der Waals surface area (Å²) < 4.78 is 0. The smallest absolute Gasteiger partial charge is 0.231 e. The molecule has 0 aromatic rings. The fourth-order valence-corrected chi connectivity index (χ4v) is 1.60. The minimum Gasteiger partial charge on any atom is -0.392 e. The van der Waals surface area contributed by atoms with Gasteiger partial charge in [0.15, 0.2) is 0 Å². The summed E-state index contributed by atoms with van der Waals surface area (Å²) in [5.41, 5.74) is 10.6. The summed E-state index contributed by atoms with van der Waals surface area (Å²) in [6, 6.07) is -0.0208. The van der Waals surface area contributed by atoms with Gasteiger partial charge < -0.3 is 11.5 Å². The van der Waals surface area contributed by atoms with Crippen LogP contribution in [-0.4, -0.2) is 34.9 Å². The highest BCUT2D eigenvalue weighted by molar-refractivity contribution is 7.80. The Morgan fingerprint density at radius 1 is 1.46 bits per heavy atom. The Bertz CT molecular complexity index is 196. The number of rotatable bonds is 6. The van der Waals surface area contributed by atoms with Gasteiger partial charge in [-0.3, -0.25) is 9.69 Å². The number of hydrogen-bond acceptors (Lipinski definition) is 3. The van der Waals surface area contributed by atoms with Crippen LogP contribution >= 0.6 is 12.2 Å². The van der Waals surface area contributed by atoms with E-state index in [1.807, 2.05) is 18.7 Å². The summed E-state index contributed by atoms with van der Waals surface area (Å²) in [5, 5.41) is 0. The van der Waals surface area contributed by atoms with Gasteiger partial charge in [-0.1, -0.05) is 26.1 Å². The standard InChI is InChI=1S/C8H17N3OS/c1-3-6(8(10)13)11(4-2)5-7(9)12/h6H,3-5H2,1-2H3,(H2,9,12)(H2,10,13). The zero-order valence-corrected chi connectivity index (χ0v) is 8.93. The average Bonchev–Trinajstić information content (AvgIpc) is 2.02. The number of primary amides is 1. The Balaban J connectivity index is 4.33. The predicted molar refractivity (Wildman–Crippen MR) is 57.3 cm³/mol. The molecule has 1 amide bonds. The van der Waals surface area contributed by atoms with Crippen molar-refractivity contribution in [3.8, 4) is 0 Å². The van der Waals surface area contributed by atoms with Crippen molar-refractivity contribution in [1.29, 1.82) is 0 Å². The predicted octanol–water partition coefficient (Wildman–Crippen LogP) is -0.142. The number of nitrogens with two attached hydrogens (primary N) is 2. The molecule has 4 nitrogen and oxygen atoms in total. The third-order valence-electron chi connectivity index (χ3n) is 1.92. The minimum absolute atomic E-state index is 0.0208. The van der Waals surface area contributed by atoms with Gasteiger partial charge in [0.1, 0.15) is 0 Å². The molecule has 0 aromatic carbocycles. The van der Waals surface area contributed by atoms with Crippen LogP contribution in [0.25, 0.3) is 0 Å². The number of carbonyl (C=O) groups is 1. The minimum atomic E-state index is -0.350. The van der Waals surface area contributed by atoms with Gasteiger partial charge in [0.25, 0.3) is 0 Å². The van der Waals surface area contributed by atoms with Crippen LogP contribution in [0.15, 0.2) is 0 Å². The molecule has 0 spiro atoms. The van der Waals surface area contributed by atoms with Gasteiger partial charge >= 0.3 is 0 Å². The summed E-state index contributed by atoms with van der Waals surface area (Å²) in [6.45, 7) is 4.86. The van der Waals surface area contributed by atoms with E-state index in [0.717, 1.165) is 13.0 Å². The van der Waals surface area contributed by atoms with E-state index in [4.69, 9.17) is 23.7 Å². The molecule has 5 heteroatoms. The maximum atomic E-state index is 10.7.